The molecule has 0 fully saturated rings. The molecule has 1 aromatic carbocycles. The van der Waals surface area contributed by atoms with Crippen molar-refractivity contribution < 1.29 is 9.90 Å². The molecule has 0 aliphatic rings. The molecule has 0 aliphatic carbocycles. The fourth-order valence-electron chi connectivity index (χ4n) is 0.824. The second kappa shape index (κ2) is 7.27. The van der Waals surface area contributed by atoms with Crippen molar-refractivity contribution in [3.63, 3.8) is 0 Å². The molecule has 0 aliphatic heterocycles. The Balaban J connectivity index is 0.000000424. The molecule has 1 rings (SSSR count). The summed E-state index contributed by atoms with van der Waals surface area (Å²) >= 11 is 0. The van der Waals surface area contributed by atoms with Gasteiger partial charge in [-0.3, -0.25) is 16.1 Å². The van der Waals surface area contributed by atoms with Gasteiger partial charge in [-0.15, -0.1) is 0 Å². The molecular formula is C9H14N2O2. The van der Waals surface area contributed by atoms with Crippen molar-refractivity contribution >= 4 is 6.47 Å². The molecule has 4 nitrogen and oxygen atoms in total. The summed E-state index contributed by atoms with van der Waals surface area (Å²) in [7, 11) is 0. The summed E-state index contributed by atoms with van der Waals surface area (Å²) in [6.45, 7) is 2.56. The number of aryl methyl sites for hydroxylation is 1. The lowest BCUT2D eigenvalue weighted by Gasteiger charge is -1.98. The Bertz CT molecular complexity index is 234. The van der Waals surface area contributed by atoms with E-state index in [4.69, 9.17) is 15.7 Å². The van der Waals surface area contributed by atoms with Crippen LogP contribution in [0.4, 0.5) is 0 Å². The van der Waals surface area contributed by atoms with Gasteiger partial charge >= 0.3 is 0 Å². The highest BCUT2D eigenvalue weighted by molar-refractivity contribution is 5.32. The third kappa shape index (κ3) is 5.84. The van der Waals surface area contributed by atoms with Crippen LogP contribution in [0.1, 0.15) is 11.1 Å². The number of carboxylic acid groups (broad SMARTS) is 1. The summed E-state index contributed by atoms with van der Waals surface area (Å²) in [6, 6.07) is 8.28. The zero-order valence-electron chi connectivity index (χ0n) is 7.53. The number of hydrazine groups is 1. The van der Waals surface area contributed by atoms with Crippen LogP contribution in [-0.4, -0.2) is 11.6 Å². The quantitative estimate of drug-likeness (QED) is 0.357. The summed E-state index contributed by atoms with van der Waals surface area (Å²) < 4.78 is 0. The summed E-state index contributed by atoms with van der Waals surface area (Å²) in [4.78, 5) is 8.36. The highest BCUT2D eigenvalue weighted by atomic mass is 16.3. The van der Waals surface area contributed by atoms with E-state index in [1.165, 1.54) is 11.1 Å². The number of nitrogens with one attached hydrogen (secondary N) is 1. The van der Waals surface area contributed by atoms with Gasteiger partial charge in [-0.1, -0.05) is 29.8 Å². The number of benzene rings is 1. The molecule has 4 heteroatoms. The molecule has 0 amide bonds. The van der Waals surface area contributed by atoms with Crippen LogP contribution in [0.2, 0.25) is 0 Å². The van der Waals surface area contributed by atoms with Crippen LogP contribution >= 0.6 is 0 Å². The smallest absolute Gasteiger partial charge is 0.290 e. The number of hydrogen-bond acceptors (Lipinski definition) is 3. The fourth-order valence-corrected chi connectivity index (χ4v) is 0.824. The van der Waals surface area contributed by atoms with Gasteiger partial charge in [-0.05, 0) is 12.5 Å². The number of nitrogens with two attached hydrogens (primary N) is 1. The second-order valence-corrected chi connectivity index (χ2v) is 2.47. The Morgan fingerprint density at radius 1 is 1.46 bits per heavy atom. The molecule has 0 aromatic heterocycles. The average molecular weight is 182 g/mol. The first-order chi connectivity index (χ1) is 6.24. The minimum absolute atomic E-state index is 0.250. The maximum absolute atomic E-state index is 8.36. The van der Waals surface area contributed by atoms with Crippen LogP contribution in [-0.2, 0) is 11.3 Å². The standard InChI is InChI=1S/C8H12N2.CH2O2/c1-7-2-4-8(5-3-7)6-10-9;2-1-3/h2-5,10H,6,9H2,1H3;1H,(H,2,3). The maximum atomic E-state index is 8.36. The Morgan fingerprint density at radius 3 is 2.31 bits per heavy atom. The maximum Gasteiger partial charge on any atom is 0.290 e. The molecule has 0 unspecified atom stereocenters. The van der Waals surface area contributed by atoms with E-state index in [-0.39, 0.29) is 6.47 Å². The topological polar surface area (TPSA) is 75.3 Å². The van der Waals surface area contributed by atoms with E-state index < -0.39 is 0 Å². The van der Waals surface area contributed by atoms with Crippen LogP contribution in [0.25, 0.3) is 0 Å². The molecular weight excluding hydrogens is 168 g/mol. The van der Waals surface area contributed by atoms with E-state index >= 15 is 0 Å². The van der Waals surface area contributed by atoms with Gasteiger partial charge in [-0.2, -0.15) is 0 Å². The zero-order valence-corrected chi connectivity index (χ0v) is 7.53. The van der Waals surface area contributed by atoms with Gasteiger partial charge in [0.05, 0.1) is 0 Å². The normalized spacial score (nSPS) is 8.46. The van der Waals surface area contributed by atoms with Crippen molar-refractivity contribution in [3.05, 3.63) is 35.4 Å². The summed E-state index contributed by atoms with van der Waals surface area (Å²) in [5.41, 5.74) is 5.10. The van der Waals surface area contributed by atoms with E-state index in [0.29, 0.717) is 0 Å². The third-order valence-corrected chi connectivity index (χ3v) is 1.43. The average Bonchev–Trinajstić information content (AvgIpc) is 2.11. The minimum Gasteiger partial charge on any atom is -0.483 e. The lowest BCUT2D eigenvalue weighted by Crippen LogP contribution is -2.20. The first-order valence-electron chi connectivity index (χ1n) is 3.81. The van der Waals surface area contributed by atoms with Gasteiger partial charge in [0.1, 0.15) is 0 Å². The van der Waals surface area contributed by atoms with E-state index in [1.807, 2.05) is 0 Å². The number of carbonyl (C=O) groups is 1. The highest BCUT2D eigenvalue weighted by Gasteiger charge is 1.87. The predicted octanol–water partition coefficient (Wildman–Crippen LogP) is 0.659. The first kappa shape index (κ1) is 11.6. The monoisotopic (exact) mass is 182 g/mol. The summed E-state index contributed by atoms with van der Waals surface area (Å²) in [6.07, 6.45) is 0. The predicted molar refractivity (Wildman–Crippen MR) is 50.9 cm³/mol. The van der Waals surface area contributed by atoms with Gasteiger partial charge in [0.15, 0.2) is 0 Å². The first-order valence-corrected chi connectivity index (χ1v) is 3.81. The van der Waals surface area contributed by atoms with E-state index in [9.17, 15) is 0 Å². The number of hydrogen-bond donors (Lipinski definition) is 3. The van der Waals surface area contributed by atoms with Gasteiger partial charge in [0.25, 0.3) is 6.47 Å². The molecule has 0 radical (unpaired) electrons. The van der Waals surface area contributed by atoms with Crippen LogP contribution < -0.4 is 11.3 Å². The van der Waals surface area contributed by atoms with Gasteiger partial charge < -0.3 is 5.11 Å². The largest absolute Gasteiger partial charge is 0.483 e. The molecule has 0 atom stereocenters. The SMILES string of the molecule is Cc1ccc(CNN)cc1.O=CO. The van der Waals surface area contributed by atoms with Crippen LogP contribution in [0.3, 0.4) is 0 Å². The number of rotatable bonds is 2. The molecule has 72 valence electrons. The molecule has 0 saturated heterocycles. The fraction of sp³-hybridized carbons (Fsp3) is 0.222. The Hall–Kier alpha value is -1.39. The molecule has 0 bridgehead atoms. The van der Waals surface area contributed by atoms with E-state index in [2.05, 4.69) is 36.6 Å². The van der Waals surface area contributed by atoms with Crippen LogP contribution in [0.5, 0.6) is 0 Å². The summed E-state index contributed by atoms with van der Waals surface area (Å²) in [5, 5.41) is 6.89. The van der Waals surface area contributed by atoms with Crippen molar-refractivity contribution in [2.75, 3.05) is 0 Å². The van der Waals surface area contributed by atoms with Crippen LogP contribution in [0.15, 0.2) is 24.3 Å². The van der Waals surface area contributed by atoms with Gasteiger partial charge in [-0.25, -0.2) is 0 Å². The van der Waals surface area contributed by atoms with Crippen molar-refractivity contribution in [2.45, 2.75) is 13.5 Å². The highest BCUT2D eigenvalue weighted by Crippen LogP contribution is 2.01. The van der Waals surface area contributed by atoms with Crippen molar-refractivity contribution in [1.82, 2.24) is 5.43 Å². The Kier molecular flexibility index (Phi) is 6.49. The van der Waals surface area contributed by atoms with Gasteiger partial charge in [0, 0.05) is 6.54 Å². The van der Waals surface area contributed by atoms with Crippen LogP contribution in [0, 0.1) is 6.92 Å². The molecule has 0 spiro atoms. The van der Waals surface area contributed by atoms with E-state index in [1.54, 1.807) is 0 Å². The lowest BCUT2D eigenvalue weighted by atomic mass is 10.2. The summed E-state index contributed by atoms with van der Waals surface area (Å²) in [5.74, 6) is 5.15. The molecule has 13 heavy (non-hydrogen) atoms. The molecule has 0 saturated carbocycles. The lowest BCUT2D eigenvalue weighted by molar-refractivity contribution is -0.122. The third-order valence-electron chi connectivity index (χ3n) is 1.43. The van der Waals surface area contributed by atoms with Gasteiger partial charge in [0.2, 0.25) is 0 Å². The zero-order chi connectivity index (χ0) is 10.1. The van der Waals surface area contributed by atoms with E-state index in [0.717, 1.165) is 6.54 Å². The molecule has 4 N–H and O–H groups in total. The second-order valence-electron chi connectivity index (χ2n) is 2.47. The minimum atomic E-state index is -0.250. The Labute approximate surface area is 77.3 Å². The van der Waals surface area contributed by atoms with Crippen molar-refractivity contribution in [2.24, 2.45) is 5.84 Å². The molecule has 0 heterocycles. The molecule has 1 aromatic rings. The van der Waals surface area contributed by atoms with Crippen molar-refractivity contribution in [1.29, 1.82) is 0 Å². The van der Waals surface area contributed by atoms with Crippen molar-refractivity contribution in [3.8, 4) is 0 Å². The Morgan fingerprint density at radius 2 is 1.92 bits per heavy atom.